The number of nitrogens with one attached hydrogen (secondary N) is 2. The van der Waals surface area contributed by atoms with Crippen LogP contribution < -0.4 is 10.6 Å². The Morgan fingerprint density at radius 3 is 2.80 bits per heavy atom. The molecular weight excluding hydrogens is 252 g/mol. The van der Waals surface area contributed by atoms with E-state index in [0.29, 0.717) is 5.92 Å². The molecule has 1 aromatic heterocycles. The predicted octanol–water partition coefficient (Wildman–Crippen LogP) is 3.24. The van der Waals surface area contributed by atoms with Crippen LogP contribution in [-0.2, 0) is 11.3 Å². The molecule has 0 spiro atoms. The van der Waals surface area contributed by atoms with E-state index in [1.807, 2.05) is 30.5 Å². The molecule has 0 fully saturated rings. The first-order valence-electron chi connectivity index (χ1n) is 6.70. The van der Waals surface area contributed by atoms with Gasteiger partial charge in [-0.3, -0.25) is 4.79 Å². The van der Waals surface area contributed by atoms with Gasteiger partial charge in [0.05, 0.1) is 0 Å². The van der Waals surface area contributed by atoms with Crippen LogP contribution in [0.25, 0.3) is 0 Å². The zero-order valence-corrected chi connectivity index (χ0v) is 12.1. The molecular formula is C15H20N4O. The number of hydrogen-bond donors (Lipinski definition) is 2. The van der Waals surface area contributed by atoms with Gasteiger partial charge in [0.2, 0.25) is 11.9 Å². The molecule has 0 unspecified atom stereocenters. The number of imidazole rings is 1. The number of anilines is 3. The smallest absolute Gasteiger partial charge is 0.221 e. The topological polar surface area (TPSA) is 59.0 Å². The Bertz CT molecular complexity index is 589. The van der Waals surface area contributed by atoms with E-state index in [9.17, 15) is 4.79 Å². The molecule has 106 valence electrons. The minimum atomic E-state index is -0.0801. The molecule has 0 aliphatic carbocycles. The molecule has 2 aromatic rings. The molecule has 0 bridgehead atoms. The van der Waals surface area contributed by atoms with Crippen molar-refractivity contribution in [2.75, 3.05) is 10.6 Å². The van der Waals surface area contributed by atoms with Crippen molar-refractivity contribution in [1.82, 2.24) is 9.55 Å². The number of benzene rings is 1. The summed E-state index contributed by atoms with van der Waals surface area (Å²) in [5.74, 6) is 1.28. The van der Waals surface area contributed by atoms with Crippen LogP contribution in [-0.4, -0.2) is 15.5 Å². The SMILES string of the molecule is CC(=O)Nc1cccc(Nc2nccn2CC(C)C)c1. The summed E-state index contributed by atoms with van der Waals surface area (Å²) in [5.41, 5.74) is 1.66. The van der Waals surface area contributed by atoms with Crippen molar-refractivity contribution in [1.29, 1.82) is 0 Å². The highest BCUT2D eigenvalue weighted by atomic mass is 16.1. The van der Waals surface area contributed by atoms with E-state index in [4.69, 9.17) is 0 Å². The summed E-state index contributed by atoms with van der Waals surface area (Å²) < 4.78 is 2.08. The van der Waals surface area contributed by atoms with E-state index in [1.54, 1.807) is 6.20 Å². The van der Waals surface area contributed by atoms with Gasteiger partial charge in [-0.05, 0) is 24.1 Å². The number of hydrogen-bond acceptors (Lipinski definition) is 3. The second-order valence-electron chi connectivity index (χ2n) is 5.18. The lowest BCUT2D eigenvalue weighted by atomic mass is 10.2. The zero-order chi connectivity index (χ0) is 14.5. The number of nitrogens with zero attached hydrogens (tertiary/aromatic N) is 2. The Morgan fingerprint density at radius 2 is 2.10 bits per heavy atom. The second kappa shape index (κ2) is 6.23. The van der Waals surface area contributed by atoms with Gasteiger partial charge in [0, 0.05) is 37.2 Å². The molecule has 20 heavy (non-hydrogen) atoms. The van der Waals surface area contributed by atoms with E-state index < -0.39 is 0 Å². The predicted molar refractivity (Wildman–Crippen MR) is 81.1 cm³/mol. The van der Waals surface area contributed by atoms with Crippen LogP contribution in [0.4, 0.5) is 17.3 Å². The lowest BCUT2D eigenvalue weighted by molar-refractivity contribution is -0.114. The third-order valence-corrected chi connectivity index (χ3v) is 2.72. The van der Waals surface area contributed by atoms with Crippen molar-refractivity contribution >= 4 is 23.2 Å². The average Bonchev–Trinajstić information content (AvgIpc) is 2.75. The minimum absolute atomic E-state index is 0.0801. The maximum Gasteiger partial charge on any atom is 0.221 e. The molecule has 2 N–H and O–H groups in total. The Morgan fingerprint density at radius 1 is 1.35 bits per heavy atom. The Balaban J connectivity index is 2.13. The van der Waals surface area contributed by atoms with Crippen molar-refractivity contribution in [2.45, 2.75) is 27.3 Å². The Hall–Kier alpha value is -2.30. The lowest BCUT2D eigenvalue weighted by Crippen LogP contribution is -2.08. The van der Waals surface area contributed by atoms with Gasteiger partial charge >= 0.3 is 0 Å². The largest absolute Gasteiger partial charge is 0.326 e. The average molecular weight is 272 g/mol. The van der Waals surface area contributed by atoms with E-state index in [2.05, 4.69) is 34.0 Å². The third kappa shape index (κ3) is 3.85. The molecule has 1 amide bonds. The van der Waals surface area contributed by atoms with Gasteiger partial charge in [0.15, 0.2) is 0 Å². The summed E-state index contributed by atoms with van der Waals surface area (Å²) in [4.78, 5) is 15.4. The summed E-state index contributed by atoms with van der Waals surface area (Å²) >= 11 is 0. The van der Waals surface area contributed by atoms with Crippen molar-refractivity contribution < 1.29 is 4.79 Å². The van der Waals surface area contributed by atoms with Crippen LogP contribution in [0.5, 0.6) is 0 Å². The normalized spacial score (nSPS) is 10.6. The number of carbonyl (C=O) groups is 1. The van der Waals surface area contributed by atoms with E-state index >= 15 is 0 Å². The van der Waals surface area contributed by atoms with Gasteiger partial charge in [-0.1, -0.05) is 19.9 Å². The summed E-state index contributed by atoms with van der Waals surface area (Å²) in [6, 6.07) is 7.58. The molecule has 0 radical (unpaired) electrons. The first-order chi connectivity index (χ1) is 9.54. The van der Waals surface area contributed by atoms with Gasteiger partial charge < -0.3 is 15.2 Å². The fourth-order valence-corrected chi connectivity index (χ4v) is 1.98. The summed E-state index contributed by atoms with van der Waals surface area (Å²) in [7, 11) is 0. The zero-order valence-electron chi connectivity index (χ0n) is 12.1. The standard InChI is InChI=1S/C15H20N4O/c1-11(2)10-19-8-7-16-15(19)18-14-6-4-5-13(9-14)17-12(3)20/h4-9,11H,10H2,1-3H3,(H,16,18)(H,17,20). The fraction of sp³-hybridized carbons (Fsp3) is 0.333. The van der Waals surface area contributed by atoms with Gasteiger partial charge in [-0.15, -0.1) is 0 Å². The minimum Gasteiger partial charge on any atom is -0.326 e. The molecule has 0 aliphatic heterocycles. The van der Waals surface area contributed by atoms with Gasteiger partial charge in [0.1, 0.15) is 0 Å². The van der Waals surface area contributed by atoms with Crippen LogP contribution in [0.15, 0.2) is 36.7 Å². The summed E-state index contributed by atoms with van der Waals surface area (Å²) in [5, 5.41) is 6.04. The molecule has 0 aliphatic rings. The van der Waals surface area contributed by atoms with Crippen LogP contribution in [0, 0.1) is 5.92 Å². The maximum absolute atomic E-state index is 11.1. The van der Waals surface area contributed by atoms with Gasteiger partial charge in [0.25, 0.3) is 0 Å². The second-order valence-corrected chi connectivity index (χ2v) is 5.18. The monoisotopic (exact) mass is 272 g/mol. The van der Waals surface area contributed by atoms with E-state index in [1.165, 1.54) is 6.92 Å². The highest BCUT2D eigenvalue weighted by Crippen LogP contribution is 2.19. The van der Waals surface area contributed by atoms with Gasteiger partial charge in [-0.25, -0.2) is 4.98 Å². The van der Waals surface area contributed by atoms with Crippen molar-refractivity contribution in [2.24, 2.45) is 5.92 Å². The Labute approximate surface area is 119 Å². The number of rotatable bonds is 5. The highest BCUT2D eigenvalue weighted by molar-refractivity contribution is 5.89. The van der Waals surface area contributed by atoms with Crippen molar-refractivity contribution in [3.63, 3.8) is 0 Å². The van der Waals surface area contributed by atoms with E-state index in [-0.39, 0.29) is 5.91 Å². The fourth-order valence-electron chi connectivity index (χ4n) is 1.98. The Kier molecular flexibility index (Phi) is 4.40. The van der Waals surface area contributed by atoms with Crippen LogP contribution in [0.3, 0.4) is 0 Å². The van der Waals surface area contributed by atoms with Crippen LogP contribution in [0.2, 0.25) is 0 Å². The third-order valence-electron chi connectivity index (χ3n) is 2.72. The van der Waals surface area contributed by atoms with Crippen LogP contribution >= 0.6 is 0 Å². The highest BCUT2D eigenvalue weighted by Gasteiger charge is 2.05. The van der Waals surface area contributed by atoms with E-state index in [0.717, 1.165) is 23.9 Å². The summed E-state index contributed by atoms with van der Waals surface area (Å²) in [6.45, 7) is 6.74. The molecule has 5 nitrogen and oxygen atoms in total. The summed E-state index contributed by atoms with van der Waals surface area (Å²) in [6.07, 6.45) is 3.74. The number of carbonyl (C=O) groups excluding carboxylic acids is 1. The molecule has 5 heteroatoms. The molecule has 0 atom stereocenters. The van der Waals surface area contributed by atoms with Crippen molar-refractivity contribution in [3.8, 4) is 0 Å². The first kappa shape index (κ1) is 14.1. The van der Waals surface area contributed by atoms with Crippen molar-refractivity contribution in [3.05, 3.63) is 36.7 Å². The molecule has 1 heterocycles. The maximum atomic E-state index is 11.1. The van der Waals surface area contributed by atoms with Gasteiger partial charge in [-0.2, -0.15) is 0 Å². The molecule has 0 saturated heterocycles. The number of amides is 1. The number of aromatic nitrogens is 2. The molecule has 2 rings (SSSR count). The lowest BCUT2D eigenvalue weighted by Gasteiger charge is -2.12. The van der Waals surface area contributed by atoms with Crippen LogP contribution in [0.1, 0.15) is 20.8 Å². The quantitative estimate of drug-likeness (QED) is 0.878. The molecule has 1 aromatic carbocycles. The first-order valence-corrected chi connectivity index (χ1v) is 6.70. The molecule has 0 saturated carbocycles.